The highest BCUT2D eigenvalue weighted by molar-refractivity contribution is 6.02. The molecule has 2 aromatic rings. The molecule has 0 bridgehead atoms. The lowest BCUT2D eigenvalue weighted by Crippen LogP contribution is -2.36. The lowest BCUT2D eigenvalue weighted by atomic mass is 10.0. The van der Waals surface area contributed by atoms with Crippen LogP contribution in [0.4, 0.5) is 0 Å². The summed E-state index contributed by atoms with van der Waals surface area (Å²) in [6.45, 7) is 2.60. The molecule has 0 fully saturated rings. The van der Waals surface area contributed by atoms with Crippen LogP contribution in [0, 0.1) is 0 Å². The van der Waals surface area contributed by atoms with Crippen molar-refractivity contribution in [3.8, 4) is 17.2 Å². The molecular formula is C17H16O4. The summed E-state index contributed by atoms with van der Waals surface area (Å²) in [5.74, 6) is 1.71. The Morgan fingerprint density at radius 1 is 1.14 bits per heavy atom. The van der Waals surface area contributed by atoms with Crippen LogP contribution in [0.5, 0.6) is 17.2 Å². The van der Waals surface area contributed by atoms with E-state index in [-0.39, 0.29) is 12.4 Å². The smallest absolute Gasteiger partial charge is 0.210 e. The third kappa shape index (κ3) is 2.70. The minimum Gasteiger partial charge on any atom is -0.493 e. The third-order valence-corrected chi connectivity index (χ3v) is 3.25. The molecule has 0 aromatic heterocycles. The summed E-state index contributed by atoms with van der Waals surface area (Å²) in [7, 11) is 0. The van der Waals surface area contributed by atoms with E-state index in [0.717, 1.165) is 0 Å². The summed E-state index contributed by atoms with van der Waals surface area (Å²) in [5, 5.41) is 0. The fourth-order valence-electron chi connectivity index (χ4n) is 2.27. The Kier molecular flexibility index (Phi) is 3.77. The molecule has 0 radical (unpaired) electrons. The highest BCUT2D eigenvalue weighted by atomic mass is 16.6. The van der Waals surface area contributed by atoms with Crippen molar-refractivity contribution >= 4 is 5.78 Å². The van der Waals surface area contributed by atoms with E-state index >= 15 is 0 Å². The Hall–Kier alpha value is -2.49. The highest BCUT2D eigenvalue weighted by Gasteiger charge is 2.29. The number of para-hydroxylation sites is 3. The zero-order valence-electron chi connectivity index (χ0n) is 11.7. The first kappa shape index (κ1) is 13.5. The average molecular weight is 284 g/mol. The largest absolute Gasteiger partial charge is 0.493 e. The lowest BCUT2D eigenvalue weighted by Gasteiger charge is -2.25. The van der Waals surface area contributed by atoms with Gasteiger partial charge in [0.2, 0.25) is 5.78 Å². The van der Waals surface area contributed by atoms with Crippen molar-refractivity contribution in [2.45, 2.75) is 13.0 Å². The van der Waals surface area contributed by atoms with Crippen LogP contribution < -0.4 is 14.2 Å². The normalized spacial score (nSPS) is 16.3. The molecule has 4 heteroatoms. The maximum Gasteiger partial charge on any atom is 0.210 e. The van der Waals surface area contributed by atoms with Crippen LogP contribution in [0.1, 0.15) is 17.3 Å². The van der Waals surface area contributed by atoms with E-state index in [2.05, 4.69) is 0 Å². The van der Waals surface area contributed by atoms with Gasteiger partial charge in [-0.05, 0) is 31.2 Å². The summed E-state index contributed by atoms with van der Waals surface area (Å²) in [6, 6.07) is 14.5. The van der Waals surface area contributed by atoms with Gasteiger partial charge in [0.25, 0.3) is 0 Å². The van der Waals surface area contributed by atoms with Crippen molar-refractivity contribution in [3.05, 3.63) is 54.1 Å². The standard InChI is InChI=1S/C17H16O4/c1-2-19-13-8-4-3-7-12(13)17(18)16-11-20-14-9-5-6-10-15(14)21-16/h3-10,16H,2,11H2,1H3. The first-order chi connectivity index (χ1) is 10.3. The highest BCUT2D eigenvalue weighted by Crippen LogP contribution is 2.32. The van der Waals surface area contributed by atoms with Crippen LogP contribution >= 0.6 is 0 Å². The van der Waals surface area contributed by atoms with E-state index in [9.17, 15) is 4.79 Å². The minimum absolute atomic E-state index is 0.131. The molecule has 3 rings (SSSR count). The second kappa shape index (κ2) is 5.87. The van der Waals surface area contributed by atoms with Crippen LogP contribution in [0.15, 0.2) is 48.5 Å². The van der Waals surface area contributed by atoms with Gasteiger partial charge in [0, 0.05) is 0 Å². The number of benzene rings is 2. The van der Waals surface area contributed by atoms with Crippen molar-refractivity contribution in [1.29, 1.82) is 0 Å². The molecule has 1 aliphatic heterocycles. The summed E-state index contributed by atoms with van der Waals surface area (Å²) >= 11 is 0. The molecule has 0 saturated heterocycles. The first-order valence-corrected chi connectivity index (χ1v) is 6.94. The van der Waals surface area contributed by atoms with Crippen molar-refractivity contribution in [1.82, 2.24) is 0 Å². The zero-order chi connectivity index (χ0) is 14.7. The van der Waals surface area contributed by atoms with E-state index in [4.69, 9.17) is 14.2 Å². The van der Waals surface area contributed by atoms with Crippen LogP contribution in [-0.4, -0.2) is 25.1 Å². The van der Waals surface area contributed by atoms with Gasteiger partial charge in [-0.15, -0.1) is 0 Å². The molecular weight excluding hydrogens is 268 g/mol. The molecule has 0 N–H and O–H groups in total. The molecule has 1 aliphatic rings. The maximum atomic E-state index is 12.6. The van der Waals surface area contributed by atoms with Crippen LogP contribution in [0.25, 0.3) is 0 Å². The fourth-order valence-corrected chi connectivity index (χ4v) is 2.27. The molecule has 2 aromatic carbocycles. The van der Waals surface area contributed by atoms with E-state index in [1.807, 2.05) is 37.3 Å². The number of ketones is 1. The Bertz CT molecular complexity index is 651. The van der Waals surface area contributed by atoms with Crippen molar-refractivity contribution in [2.24, 2.45) is 0 Å². The molecule has 0 aliphatic carbocycles. The van der Waals surface area contributed by atoms with E-state index in [1.54, 1.807) is 18.2 Å². The quantitative estimate of drug-likeness (QED) is 0.809. The molecule has 1 atom stereocenters. The molecule has 108 valence electrons. The van der Waals surface area contributed by atoms with Gasteiger partial charge in [-0.25, -0.2) is 0 Å². The zero-order valence-corrected chi connectivity index (χ0v) is 11.7. The Morgan fingerprint density at radius 2 is 1.86 bits per heavy atom. The van der Waals surface area contributed by atoms with Gasteiger partial charge < -0.3 is 14.2 Å². The second-order valence-corrected chi connectivity index (χ2v) is 4.66. The minimum atomic E-state index is -0.651. The Morgan fingerprint density at radius 3 is 2.67 bits per heavy atom. The first-order valence-electron chi connectivity index (χ1n) is 6.94. The number of hydrogen-bond acceptors (Lipinski definition) is 4. The van der Waals surface area contributed by atoms with Gasteiger partial charge in [0.1, 0.15) is 12.4 Å². The fraction of sp³-hybridized carbons (Fsp3) is 0.235. The SMILES string of the molecule is CCOc1ccccc1C(=O)C1COc2ccccc2O1. The van der Waals surface area contributed by atoms with Crippen molar-refractivity contribution < 1.29 is 19.0 Å². The van der Waals surface area contributed by atoms with E-state index in [1.165, 1.54) is 0 Å². The Balaban J connectivity index is 1.84. The monoisotopic (exact) mass is 284 g/mol. The summed E-state index contributed by atoms with van der Waals surface area (Å²) < 4.78 is 16.8. The molecule has 1 unspecified atom stereocenters. The second-order valence-electron chi connectivity index (χ2n) is 4.66. The van der Waals surface area contributed by atoms with Gasteiger partial charge in [-0.3, -0.25) is 4.79 Å². The number of carbonyl (C=O) groups excluding carboxylic acids is 1. The molecule has 1 heterocycles. The van der Waals surface area contributed by atoms with E-state index < -0.39 is 6.10 Å². The number of ether oxygens (including phenoxy) is 3. The molecule has 21 heavy (non-hydrogen) atoms. The van der Waals surface area contributed by atoms with Crippen molar-refractivity contribution in [3.63, 3.8) is 0 Å². The van der Waals surface area contributed by atoms with Crippen LogP contribution in [-0.2, 0) is 0 Å². The van der Waals surface area contributed by atoms with Crippen LogP contribution in [0.2, 0.25) is 0 Å². The van der Waals surface area contributed by atoms with Gasteiger partial charge in [0.05, 0.1) is 12.2 Å². The van der Waals surface area contributed by atoms with Crippen LogP contribution in [0.3, 0.4) is 0 Å². The molecule has 0 amide bonds. The molecule has 4 nitrogen and oxygen atoms in total. The molecule has 0 saturated carbocycles. The van der Waals surface area contributed by atoms with Gasteiger partial charge >= 0.3 is 0 Å². The number of Topliss-reactive ketones (excluding diaryl/α,β-unsaturated/α-hetero) is 1. The number of hydrogen-bond donors (Lipinski definition) is 0. The third-order valence-electron chi connectivity index (χ3n) is 3.25. The van der Waals surface area contributed by atoms with Gasteiger partial charge in [-0.2, -0.15) is 0 Å². The lowest BCUT2D eigenvalue weighted by molar-refractivity contribution is 0.0582. The molecule has 0 spiro atoms. The van der Waals surface area contributed by atoms with E-state index in [0.29, 0.717) is 29.4 Å². The van der Waals surface area contributed by atoms with Gasteiger partial charge in [0.15, 0.2) is 17.6 Å². The predicted molar refractivity (Wildman–Crippen MR) is 78.3 cm³/mol. The maximum absolute atomic E-state index is 12.6. The average Bonchev–Trinajstić information content (AvgIpc) is 2.54. The number of carbonyl (C=O) groups is 1. The topological polar surface area (TPSA) is 44.8 Å². The van der Waals surface area contributed by atoms with Gasteiger partial charge in [-0.1, -0.05) is 24.3 Å². The number of rotatable bonds is 4. The predicted octanol–water partition coefficient (Wildman–Crippen LogP) is 3.11. The van der Waals surface area contributed by atoms with Crippen molar-refractivity contribution in [2.75, 3.05) is 13.2 Å². The summed E-state index contributed by atoms with van der Waals surface area (Å²) in [4.78, 5) is 12.6. The Labute approximate surface area is 123 Å². The number of fused-ring (bicyclic) bond motifs is 1. The summed E-state index contributed by atoms with van der Waals surface area (Å²) in [6.07, 6.45) is -0.651. The summed E-state index contributed by atoms with van der Waals surface area (Å²) in [5.41, 5.74) is 0.521.